The van der Waals surface area contributed by atoms with Crippen LogP contribution in [0.15, 0.2) is 22.8 Å². The zero-order valence-corrected chi connectivity index (χ0v) is 9.25. The zero-order valence-electron chi connectivity index (χ0n) is 7.66. The zero-order chi connectivity index (χ0) is 9.97. The van der Waals surface area contributed by atoms with Crippen molar-refractivity contribution in [2.75, 3.05) is 0 Å². The Morgan fingerprint density at radius 1 is 1.57 bits per heavy atom. The number of halogens is 1. The highest BCUT2D eigenvalue weighted by molar-refractivity contribution is 9.10. The molecule has 0 aromatic carbocycles. The molecular formula is C10H11BrN2O. The first-order valence-corrected chi connectivity index (χ1v) is 5.43. The van der Waals surface area contributed by atoms with E-state index in [2.05, 4.69) is 26.2 Å². The summed E-state index contributed by atoms with van der Waals surface area (Å²) < 4.78 is 0.983. The first-order chi connectivity index (χ1) is 6.74. The first kappa shape index (κ1) is 9.65. The number of pyridine rings is 1. The maximum atomic E-state index is 11.0. The summed E-state index contributed by atoms with van der Waals surface area (Å²) >= 11 is 3.34. The van der Waals surface area contributed by atoms with Gasteiger partial charge < -0.3 is 5.32 Å². The van der Waals surface area contributed by atoms with Crippen molar-refractivity contribution in [2.24, 2.45) is 0 Å². The summed E-state index contributed by atoms with van der Waals surface area (Å²) in [5, 5.41) is 2.93. The van der Waals surface area contributed by atoms with E-state index in [0.717, 1.165) is 23.0 Å². The van der Waals surface area contributed by atoms with E-state index in [0.29, 0.717) is 6.42 Å². The minimum atomic E-state index is 0.159. The van der Waals surface area contributed by atoms with Gasteiger partial charge in [0, 0.05) is 35.2 Å². The smallest absolute Gasteiger partial charge is 0.220 e. The minimum Gasteiger partial charge on any atom is -0.353 e. The lowest BCUT2D eigenvalue weighted by atomic mass is 10.1. The molecule has 2 rings (SSSR count). The molecule has 0 aliphatic carbocycles. The normalized spacial score (nSPS) is 20.9. The summed E-state index contributed by atoms with van der Waals surface area (Å²) in [4.78, 5) is 15.2. The summed E-state index contributed by atoms with van der Waals surface area (Å²) in [6.07, 6.45) is 4.20. The van der Waals surface area contributed by atoms with Crippen molar-refractivity contribution in [1.29, 1.82) is 0 Å². The molecule has 1 aliphatic heterocycles. The van der Waals surface area contributed by atoms with E-state index < -0.39 is 0 Å². The van der Waals surface area contributed by atoms with Gasteiger partial charge in [0.1, 0.15) is 0 Å². The van der Waals surface area contributed by atoms with E-state index in [1.165, 1.54) is 0 Å². The number of aromatic nitrogens is 1. The van der Waals surface area contributed by atoms with Crippen molar-refractivity contribution in [3.63, 3.8) is 0 Å². The third-order valence-electron chi connectivity index (χ3n) is 2.33. The van der Waals surface area contributed by atoms with Crippen LogP contribution in [0, 0.1) is 0 Å². The van der Waals surface area contributed by atoms with Gasteiger partial charge in [0.15, 0.2) is 0 Å². The fourth-order valence-electron chi connectivity index (χ4n) is 1.61. The number of rotatable bonds is 2. The number of hydrogen-bond donors (Lipinski definition) is 1. The van der Waals surface area contributed by atoms with Crippen molar-refractivity contribution < 1.29 is 4.79 Å². The van der Waals surface area contributed by atoms with Gasteiger partial charge in [-0.3, -0.25) is 9.78 Å². The van der Waals surface area contributed by atoms with Crippen LogP contribution in [0.4, 0.5) is 0 Å². The molecule has 1 aromatic heterocycles. The molecule has 4 heteroatoms. The van der Waals surface area contributed by atoms with Gasteiger partial charge in [0.25, 0.3) is 0 Å². The van der Waals surface area contributed by atoms with Crippen LogP contribution in [0.2, 0.25) is 0 Å². The quantitative estimate of drug-likeness (QED) is 0.873. The Balaban J connectivity index is 1.97. The predicted octanol–water partition coefficient (Wildman–Crippen LogP) is 1.67. The molecule has 1 aromatic rings. The number of amides is 1. The Bertz CT molecular complexity index is 336. The van der Waals surface area contributed by atoms with Crippen LogP contribution < -0.4 is 5.32 Å². The summed E-state index contributed by atoms with van der Waals surface area (Å²) in [6, 6.07) is 4.23. The molecule has 0 spiro atoms. The highest BCUT2D eigenvalue weighted by Gasteiger charge is 2.20. The number of carbonyl (C=O) groups is 1. The van der Waals surface area contributed by atoms with Crippen molar-refractivity contribution in [2.45, 2.75) is 25.3 Å². The van der Waals surface area contributed by atoms with Gasteiger partial charge in [0.05, 0.1) is 0 Å². The molecule has 2 heterocycles. The molecule has 0 bridgehead atoms. The topological polar surface area (TPSA) is 42.0 Å². The molecule has 1 atom stereocenters. The molecule has 3 nitrogen and oxygen atoms in total. The van der Waals surface area contributed by atoms with Crippen LogP contribution in [-0.2, 0) is 11.2 Å². The molecule has 74 valence electrons. The molecule has 0 radical (unpaired) electrons. The Hall–Kier alpha value is -0.900. The molecule has 1 saturated heterocycles. The largest absolute Gasteiger partial charge is 0.353 e. The maximum Gasteiger partial charge on any atom is 0.220 e. The van der Waals surface area contributed by atoms with Crippen molar-refractivity contribution in [1.82, 2.24) is 10.3 Å². The SMILES string of the molecule is O=C1CCC(Cc2ccc(Br)cn2)N1. The lowest BCUT2D eigenvalue weighted by Gasteiger charge is -2.08. The Morgan fingerprint density at radius 3 is 3.00 bits per heavy atom. The number of carbonyl (C=O) groups excluding carboxylic acids is 1. The molecule has 0 saturated carbocycles. The highest BCUT2D eigenvalue weighted by atomic mass is 79.9. The van der Waals surface area contributed by atoms with Gasteiger partial charge in [-0.15, -0.1) is 0 Å². The Labute approximate surface area is 91.0 Å². The van der Waals surface area contributed by atoms with Gasteiger partial charge >= 0.3 is 0 Å². The van der Waals surface area contributed by atoms with Crippen molar-refractivity contribution >= 4 is 21.8 Å². The average Bonchev–Trinajstić information content (AvgIpc) is 2.56. The first-order valence-electron chi connectivity index (χ1n) is 4.64. The minimum absolute atomic E-state index is 0.159. The fourth-order valence-corrected chi connectivity index (χ4v) is 1.84. The lowest BCUT2D eigenvalue weighted by Crippen LogP contribution is -2.27. The summed E-state index contributed by atoms with van der Waals surface area (Å²) in [5.74, 6) is 0.159. The molecule has 1 aliphatic rings. The van der Waals surface area contributed by atoms with Crippen LogP contribution in [0.1, 0.15) is 18.5 Å². The number of nitrogens with one attached hydrogen (secondary N) is 1. The third kappa shape index (κ3) is 2.32. The van der Waals surface area contributed by atoms with E-state index in [9.17, 15) is 4.79 Å². The van der Waals surface area contributed by atoms with Crippen LogP contribution in [0.3, 0.4) is 0 Å². The maximum absolute atomic E-state index is 11.0. The second-order valence-electron chi connectivity index (χ2n) is 3.47. The van der Waals surface area contributed by atoms with Gasteiger partial charge in [-0.05, 0) is 34.5 Å². The van der Waals surface area contributed by atoms with Gasteiger partial charge in [0.2, 0.25) is 5.91 Å². The van der Waals surface area contributed by atoms with E-state index in [4.69, 9.17) is 0 Å². The summed E-state index contributed by atoms with van der Waals surface area (Å²) in [7, 11) is 0. The number of hydrogen-bond acceptors (Lipinski definition) is 2. The molecule has 1 amide bonds. The van der Waals surface area contributed by atoms with E-state index >= 15 is 0 Å². The highest BCUT2D eigenvalue weighted by Crippen LogP contribution is 2.13. The molecule has 1 N–H and O–H groups in total. The van der Waals surface area contributed by atoms with E-state index in [1.54, 1.807) is 6.20 Å². The van der Waals surface area contributed by atoms with Crippen LogP contribution in [0.5, 0.6) is 0 Å². The monoisotopic (exact) mass is 254 g/mol. The molecule has 1 fully saturated rings. The van der Waals surface area contributed by atoms with Crippen molar-refractivity contribution in [3.8, 4) is 0 Å². The second-order valence-corrected chi connectivity index (χ2v) is 4.39. The third-order valence-corrected chi connectivity index (χ3v) is 2.80. The molecule has 1 unspecified atom stereocenters. The van der Waals surface area contributed by atoms with Crippen LogP contribution in [0.25, 0.3) is 0 Å². The van der Waals surface area contributed by atoms with Crippen LogP contribution in [-0.4, -0.2) is 16.9 Å². The predicted molar refractivity (Wildman–Crippen MR) is 56.8 cm³/mol. The lowest BCUT2D eigenvalue weighted by molar-refractivity contribution is -0.119. The fraction of sp³-hybridized carbons (Fsp3) is 0.400. The molecular weight excluding hydrogens is 244 g/mol. The average molecular weight is 255 g/mol. The Kier molecular flexibility index (Phi) is 2.82. The van der Waals surface area contributed by atoms with Crippen molar-refractivity contribution in [3.05, 3.63) is 28.5 Å². The Morgan fingerprint density at radius 2 is 2.43 bits per heavy atom. The number of nitrogens with zero attached hydrogens (tertiary/aromatic N) is 1. The second kappa shape index (κ2) is 4.09. The van der Waals surface area contributed by atoms with E-state index in [-0.39, 0.29) is 11.9 Å². The van der Waals surface area contributed by atoms with Gasteiger partial charge in [-0.1, -0.05) is 0 Å². The van der Waals surface area contributed by atoms with Crippen LogP contribution >= 0.6 is 15.9 Å². The summed E-state index contributed by atoms with van der Waals surface area (Å²) in [5.41, 5.74) is 1.03. The standard InChI is InChI=1S/C10H11BrN2O/c11-7-1-2-8(12-6-7)5-9-3-4-10(14)13-9/h1-2,6,9H,3-5H2,(H,13,14). The summed E-state index contributed by atoms with van der Waals surface area (Å²) in [6.45, 7) is 0. The van der Waals surface area contributed by atoms with Gasteiger partial charge in [-0.25, -0.2) is 0 Å². The van der Waals surface area contributed by atoms with E-state index in [1.807, 2.05) is 12.1 Å². The molecule has 14 heavy (non-hydrogen) atoms. The van der Waals surface area contributed by atoms with Gasteiger partial charge in [-0.2, -0.15) is 0 Å².